The minimum Gasteiger partial charge on any atom is -0.545 e. The second-order valence-corrected chi connectivity index (χ2v) is 6.31. The molecule has 4 nitrogen and oxygen atoms in total. The number of nitrogens with zero attached hydrogens (tertiary/aromatic N) is 2. The van der Waals surface area contributed by atoms with Gasteiger partial charge < -0.3 is 14.5 Å². The van der Waals surface area contributed by atoms with Gasteiger partial charge in [0.1, 0.15) is 0 Å². The Bertz CT molecular complexity index is 1110. The first kappa shape index (κ1) is 16.8. The summed E-state index contributed by atoms with van der Waals surface area (Å²) in [5.74, 6) is -1.19. The minimum atomic E-state index is -1.19. The first-order valence-corrected chi connectivity index (χ1v) is 8.68. The molecule has 0 aliphatic carbocycles. The smallest absolute Gasteiger partial charge is 0.0715 e. The number of rotatable bonds is 5. The van der Waals surface area contributed by atoms with Crippen LogP contribution in [0.15, 0.2) is 90.1 Å². The van der Waals surface area contributed by atoms with Gasteiger partial charge in [0.15, 0.2) is 0 Å². The fraction of sp³-hybridized carbons (Fsp3) is 0.0435. The van der Waals surface area contributed by atoms with Crippen LogP contribution in [0.1, 0.15) is 21.5 Å². The molecular weight excluding hydrogens is 336 g/mol. The molecule has 0 spiro atoms. The first-order chi connectivity index (χ1) is 13.2. The van der Waals surface area contributed by atoms with Gasteiger partial charge in [0, 0.05) is 35.4 Å². The molecule has 3 aromatic carbocycles. The summed E-state index contributed by atoms with van der Waals surface area (Å²) in [5, 5.41) is 12.0. The number of carboxylic acid groups (broad SMARTS) is 1. The summed E-state index contributed by atoms with van der Waals surface area (Å²) in [4.78, 5) is 15.3. The number of aromatic carboxylic acids is 1. The molecule has 0 saturated heterocycles. The van der Waals surface area contributed by atoms with Crippen molar-refractivity contribution < 1.29 is 9.90 Å². The van der Waals surface area contributed by atoms with E-state index in [-0.39, 0.29) is 5.56 Å². The standard InChI is InChI=1S/C23H18N2O2/c26-23(27)18-10-12-20(13-11-18)24-14-19-16-25(15-17-6-2-1-3-7-17)22-9-5-4-8-21(19)22/h1-14,16H,15H2,(H,26,27)/p-1. The zero-order chi connectivity index (χ0) is 18.6. The molecule has 132 valence electrons. The topological polar surface area (TPSA) is 57.4 Å². The summed E-state index contributed by atoms with van der Waals surface area (Å²) in [6.45, 7) is 0.787. The number of fused-ring (bicyclic) bond motifs is 1. The molecule has 0 amide bonds. The largest absolute Gasteiger partial charge is 0.545 e. The quantitative estimate of drug-likeness (QED) is 0.512. The van der Waals surface area contributed by atoms with Gasteiger partial charge in [-0.25, -0.2) is 0 Å². The van der Waals surface area contributed by atoms with E-state index < -0.39 is 5.97 Å². The Hall–Kier alpha value is -3.66. The Morgan fingerprint density at radius 1 is 0.926 bits per heavy atom. The van der Waals surface area contributed by atoms with Crippen molar-refractivity contribution in [3.8, 4) is 0 Å². The van der Waals surface area contributed by atoms with Crippen molar-refractivity contribution in [3.63, 3.8) is 0 Å². The fourth-order valence-corrected chi connectivity index (χ4v) is 3.12. The maximum atomic E-state index is 10.8. The molecule has 27 heavy (non-hydrogen) atoms. The van der Waals surface area contributed by atoms with Gasteiger partial charge in [-0.05, 0) is 29.3 Å². The Kier molecular flexibility index (Phi) is 4.54. The van der Waals surface area contributed by atoms with Crippen LogP contribution in [0.5, 0.6) is 0 Å². The van der Waals surface area contributed by atoms with Crippen molar-refractivity contribution >= 4 is 28.8 Å². The molecular formula is C23H17N2O2-. The third kappa shape index (κ3) is 3.65. The molecule has 4 heteroatoms. The lowest BCUT2D eigenvalue weighted by molar-refractivity contribution is -0.255. The van der Waals surface area contributed by atoms with Crippen molar-refractivity contribution in [1.82, 2.24) is 4.57 Å². The molecule has 0 fully saturated rings. The summed E-state index contributed by atoms with van der Waals surface area (Å²) >= 11 is 0. The highest BCUT2D eigenvalue weighted by Crippen LogP contribution is 2.22. The van der Waals surface area contributed by atoms with Crippen LogP contribution in [0.25, 0.3) is 10.9 Å². The second kappa shape index (κ2) is 7.30. The maximum absolute atomic E-state index is 10.8. The summed E-state index contributed by atoms with van der Waals surface area (Å²) in [6, 6.07) is 24.9. The van der Waals surface area contributed by atoms with Crippen molar-refractivity contribution in [2.24, 2.45) is 4.99 Å². The number of hydrogen-bond donors (Lipinski definition) is 0. The number of carbonyl (C=O) groups is 1. The van der Waals surface area contributed by atoms with E-state index >= 15 is 0 Å². The number of carboxylic acids is 1. The summed E-state index contributed by atoms with van der Waals surface area (Å²) in [6.07, 6.45) is 3.91. The Morgan fingerprint density at radius 2 is 1.63 bits per heavy atom. The molecule has 0 radical (unpaired) electrons. The molecule has 0 aliphatic rings. The summed E-state index contributed by atoms with van der Waals surface area (Å²) in [7, 11) is 0. The molecule has 1 heterocycles. The minimum absolute atomic E-state index is 0.147. The monoisotopic (exact) mass is 353 g/mol. The van der Waals surface area contributed by atoms with Crippen molar-refractivity contribution in [1.29, 1.82) is 0 Å². The fourth-order valence-electron chi connectivity index (χ4n) is 3.12. The Labute approximate surface area is 157 Å². The van der Waals surface area contributed by atoms with E-state index in [0.29, 0.717) is 5.69 Å². The van der Waals surface area contributed by atoms with Gasteiger partial charge in [-0.1, -0.05) is 60.7 Å². The van der Waals surface area contributed by atoms with Crippen LogP contribution in [-0.2, 0) is 6.54 Å². The molecule has 1 aromatic heterocycles. The normalized spacial score (nSPS) is 11.3. The number of para-hydroxylation sites is 1. The van der Waals surface area contributed by atoms with E-state index in [4.69, 9.17) is 0 Å². The highest BCUT2D eigenvalue weighted by Gasteiger charge is 2.07. The summed E-state index contributed by atoms with van der Waals surface area (Å²) < 4.78 is 2.21. The molecule has 0 bridgehead atoms. The van der Waals surface area contributed by atoms with Crippen LogP contribution in [-0.4, -0.2) is 16.8 Å². The number of aliphatic imine (C=N–C) groups is 1. The van der Waals surface area contributed by atoms with Gasteiger partial charge in [-0.15, -0.1) is 0 Å². The average Bonchev–Trinajstić information content (AvgIpc) is 3.05. The molecule has 4 aromatic rings. The highest BCUT2D eigenvalue weighted by atomic mass is 16.4. The lowest BCUT2D eigenvalue weighted by atomic mass is 10.2. The second-order valence-electron chi connectivity index (χ2n) is 6.31. The van der Waals surface area contributed by atoms with Crippen LogP contribution in [0.3, 0.4) is 0 Å². The molecule has 0 unspecified atom stereocenters. The van der Waals surface area contributed by atoms with Gasteiger partial charge in [0.2, 0.25) is 0 Å². The number of benzene rings is 3. The molecule has 4 rings (SSSR count). The van der Waals surface area contributed by atoms with E-state index in [0.717, 1.165) is 23.0 Å². The van der Waals surface area contributed by atoms with Gasteiger partial charge in [0.05, 0.1) is 11.7 Å². The lowest BCUT2D eigenvalue weighted by Gasteiger charge is -2.05. The van der Waals surface area contributed by atoms with Gasteiger partial charge in [-0.3, -0.25) is 4.99 Å². The number of aromatic nitrogens is 1. The van der Waals surface area contributed by atoms with E-state index in [1.165, 1.54) is 17.7 Å². The maximum Gasteiger partial charge on any atom is 0.0715 e. The Morgan fingerprint density at radius 3 is 2.37 bits per heavy atom. The summed E-state index contributed by atoms with van der Waals surface area (Å²) in [5.41, 5.74) is 4.24. The van der Waals surface area contributed by atoms with E-state index in [9.17, 15) is 9.90 Å². The van der Waals surface area contributed by atoms with E-state index in [1.807, 2.05) is 36.5 Å². The van der Waals surface area contributed by atoms with Gasteiger partial charge in [0.25, 0.3) is 0 Å². The molecule has 0 atom stereocenters. The van der Waals surface area contributed by atoms with Crippen molar-refractivity contribution in [2.75, 3.05) is 0 Å². The Balaban J connectivity index is 1.66. The first-order valence-electron chi connectivity index (χ1n) is 8.68. The third-order valence-corrected chi connectivity index (χ3v) is 4.47. The predicted octanol–water partition coefficient (Wildman–Crippen LogP) is 3.80. The number of hydrogen-bond acceptors (Lipinski definition) is 3. The third-order valence-electron chi connectivity index (χ3n) is 4.47. The predicted molar refractivity (Wildman–Crippen MR) is 106 cm³/mol. The van der Waals surface area contributed by atoms with Crippen LogP contribution < -0.4 is 5.11 Å². The van der Waals surface area contributed by atoms with Gasteiger partial charge in [-0.2, -0.15) is 0 Å². The molecule has 0 N–H and O–H groups in total. The van der Waals surface area contributed by atoms with Crippen LogP contribution in [0.2, 0.25) is 0 Å². The van der Waals surface area contributed by atoms with Crippen molar-refractivity contribution in [2.45, 2.75) is 6.54 Å². The van der Waals surface area contributed by atoms with E-state index in [1.54, 1.807) is 12.1 Å². The molecule has 0 aliphatic heterocycles. The zero-order valence-corrected chi connectivity index (χ0v) is 14.6. The highest BCUT2D eigenvalue weighted by molar-refractivity contribution is 6.00. The van der Waals surface area contributed by atoms with Crippen LogP contribution in [0.4, 0.5) is 5.69 Å². The lowest BCUT2D eigenvalue weighted by Crippen LogP contribution is -2.21. The SMILES string of the molecule is O=C([O-])c1ccc(N=Cc2cn(Cc3ccccc3)c3ccccc23)cc1. The molecule has 0 saturated carbocycles. The van der Waals surface area contributed by atoms with E-state index in [2.05, 4.69) is 40.0 Å². The van der Waals surface area contributed by atoms with Crippen molar-refractivity contribution in [3.05, 3.63) is 102 Å². The van der Waals surface area contributed by atoms with Crippen LogP contribution >= 0.6 is 0 Å². The van der Waals surface area contributed by atoms with Crippen LogP contribution in [0, 0.1) is 0 Å². The number of carbonyl (C=O) groups excluding carboxylic acids is 1. The van der Waals surface area contributed by atoms with Gasteiger partial charge >= 0.3 is 0 Å². The average molecular weight is 353 g/mol. The zero-order valence-electron chi connectivity index (χ0n) is 14.6.